The van der Waals surface area contributed by atoms with Crippen molar-refractivity contribution in [1.82, 2.24) is 0 Å². The minimum atomic E-state index is -4.13. The van der Waals surface area contributed by atoms with E-state index in [-0.39, 0.29) is 16.7 Å². The number of rotatable bonds is 3. The Labute approximate surface area is 117 Å². The smallest absolute Gasteiger partial charge is 0.282 e. The van der Waals surface area contributed by atoms with E-state index in [1.54, 1.807) is 12.1 Å². The van der Waals surface area contributed by atoms with Crippen molar-refractivity contribution in [2.45, 2.75) is 65.2 Å². The van der Waals surface area contributed by atoms with E-state index in [4.69, 9.17) is 4.55 Å². The van der Waals surface area contributed by atoms with Crippen LogP contribution >= 0.6 is 0 Å². The van der Waals surface area contributed by atoms with Crippen molar-refractivity contribution < 1.29 is 13.0 Å². The maximum Gasteiger partial charge on any atom is 0.294 e. The van der Waals surface area contributed by atoms with E-state index in [1.165, 1.54) is 0 Å². The van der Waals surface area contributed by atoms with E-state index in [0.717, 1.165) is 16.7 Å². The van der Waals surface area contributed by atoms with Crippen LogP contribution in [0.15, 0.2) is 17.0 Å². The molecule has 4 heteroatoms. The van der Waals surface area contributed by atoms with Crippen LogP contribution in [-0.4, -0.2) is 13.0 Å². The highest BCUT2D eigenvalue weighted by molar-refractivity contribution is 7.85. The lowest BCUT2D eigenvalue weighted by molar-refractivity contribution is 0.482. The molecule has 0 bridgehead atoms. The third kappa shape index (κ3) is 4.62. The van der Waals surface area contributed by atoms with Crippen molar-refractivity contribution >= 4 is 10.1 Å². The van der Waals surface area contributed by atoms with Crippen LogP contribution in [0.1, 0.15) is 70.1 Å². The van der Waals surface area contributed by atoms with Gasteiger partial charge in [0.25, 0.3) is 10.1 Å². The summed E-state index contributed by atoms with van der Waals surface area (Å²) >= 11 is 0. The van der Waals surface area contributed by atoms with Crippen LogP contribution in [0.25, 0.3) is 0 Å². The number of hydrogen-bond acceptors (Lipinski definition) is 2. The Hall–Kier alpha value is -0.870. The molecular weight excluding hydrogens is 260 g/mol. The lowest BCUT2D eigenvalue weighted by Gasteiger charge is -2.18. The second kappa shape index (κ2) is 7.06. The maximum atomic E-state index is 11.2. The summed E-state index contributed by atoms with van der Waals surface area (Å²) in [7, 11) is -4.13. The molecule has 0 aromatic heterocycles. The summed E-state index contributed by atoms with van der Waals surface area (Å²) in [5.74, 6) is 0.461. The van der Waals surface area contributed by atoms with Crippen LogP contribution in [0.5, 0.6) is 0 Å². The third-order valence-electron chi connectivity index (χ3n) is 3.00. The highest BCUT2D eigenvalue weighted by atomic mass is 32.2. The molecule has 110 valence electrons. The summed E-state index contributed by atoms with van der Waals surface area (Å²) in [6, 6.07) is 3.14. The van der Waals surface area contributed by atoms with Crippen molar-refractivity contribution in [3.05, 3.63) is 28.8 Å². The van der Waals surface area contributed by atoms with E-state index >= 15 is 0 Å². The van der Waals surface area contributed by atoms with Gasteiger partial charge in [-0.2, -0.15) is 8.42 Å². The van der Waals surface area contributed by atoms with Gasteiger partial charge in [0.1, 0.15) is 0 Å². The topological polar surface area (TPSA) is 54.4 Å². The van der Waals surface area contributed by atoms with E-state index in [2.05, 4.69) is 0 Å². The fourth-order valence-electron chi connectivity index (χ4n) is 2.08. The van der Waals surface area contributed by atoms with Gasteiger partial charge in [-0.15, -0.1) is 0 Å². The Morgan fingerprint density at radius 1 is 0.947 bits per heavy atom. The van der Waals surface area contributed by atoms with Gasteiger partial charge in [-0.3, -0.25) is 4.55 Å². The Bertz CT molecular complexity index is 485. The summed E-state index contributed by atoms with van der Waals surface area (Å²) in [4.78, 5) is -0.00417. The molecule has 1 N–H and O–H groups in total. The first-order valence-electron chi connectivity index (χ1n) is 6.76. The molecule has 0 fully saturated rings. The van der Waals surface area contributed by atoms with Gasteiger partial charge in [-0.05, 0) is 47.6 Å². The Kier molecular flexibility index (Phi) is 6.73. The van der Waals surface area contributed by atoms with Crippen molar-refractivity contribution in [2.24, 2.45) is 0 Å². The zero-order chi connectivity index (χ0) is 15.4. The third-order valence-corrected chi connectivity index (χ3v) is 3.83. The zero-order valence-electron chi connectivity index (χ0n) is 13.0. The van der Waals surface area contributed by atoms with Gasteiger partial charge in [0.05, 0.1) is 4.90 Å². The molecule has 0 atom stereocenters. The average molecular weight is 286 g/mol. The molecule has 1 rings (SSSR count). The summed E-state index contributed by atoms with van der Waals surface area (Å²) in [6.07, 6.45) is 0. The van der Waals surface area contributed by atoms with Crippen LogP contribution in [0.3, 0.4) is 0 Å². The largest absolute Gasteiger partial charge is 0.294 e. The van der Waals surface area contributed by atoms with Gasteiger partial charge >= 0.3 is 0 Å². The first-order chi connectivity index (χ1) is 8.64. The molecule has 0 saturated carbocycles. The minimum Gasteiger partial charge on any atom is -0.282 e. The van der Waals surface area contributed by atoms with E-state index in [1.807, 2.05) is 48.5 Å². The molecule has 0 heterocycles. The summed E-state index contributed by atoms with van der Waals surface area (Å²) in [6.45, 7) is 14.1. The average Bonchev–Trinajstić information content (AvgIpc) is 2.29. The Morgan fingerprint density at radius 2 is 1.26 bits per heavy atom. The predicted octanol–water partition coefficient (Wildman–Crippen LogP) is 4.51. The second-order valence-corrected chi connectivity index (χ2v) is 6.43. The van der Waals surface area contributed by atoms with E-state index < -0.39 is 10.1 Å². The monoisotopic (exact) mass is 286 g/mol. The summed E-state index contributed by atoms with van der Waals surface area (Å²) in [5.41, 5.74) is 3.06. The molecule has 0 amide bonds. The summed E-state index contributed by atoms with van der Waals surface area (Å²) in [5, 5.41) is 0. The minimum absolute atomic E-state index is 0.00417. The van der Waals surface area contributed by atoms with Gasteiger partial charge in [0, 0.05) is 0 Å². The van der Waals surface area contributed by atoms with Crippen LogP contribution in [0, 0.1) is 6.92 Å². The van der Waals surface area contributed by atoms with Crippen molar-refractivity contribution in [3.63, 3.8) is 0 Å². The van der Waals surface area contributed by atoms with Gasteiger partial charge in [0.15, 0.2) is 0 Å². The fraction of sp³-hybridized carbons (Fsp3) is 0.600. The van der Waals surface area contributed by atoms with E-state index in [0.29, 0.717) is 0 Å². The zero-order valence-corrected chi connectivity index (χ0v) is 13.8. The fourth-order valence-corrected chi connectivity index (χ4v) is 2.63. The predicted molar refractivity (Wildman–Crippen MR) is 80.5 cm³/mol. The van der Waals surface area contributed by atoms with Crippen molar-refractivity contribution in [1.29, 1.82) is 0 Å². The second-order valence-electron chi connectivity index (χ2n) is 5.01. The van der Waals surface area contributed by atoms with Gasteiger partial charge in [-0.25, -0.2) is 0 Å². The lowest BCUT2D eigenvalue weighted by Crippen LogP contribution is -2.06. The number of hydrogen-bond donors (Lipinski definition) is 1. The normalized spacial score (nSPS) is 11.5. The molecule has 0 saturated heterocycles. The first kappa shape index (κ1) is 18.1. The molecule has 1 aromatic carbocycles. The first-order valence-corrected chi connectivity index (χ1v) is 8.20. The van der Waals surface area contributed by atoms with E-state index in [9.17, 15) is 8.42 Å². The lowest BCUT2D eigenvalue weighted by atomic mass is 9.90. The molecule has 3 nitrogen and oxygen atoms in total. The standard InChI is InChI=1S/C13H20O3S.C2H6/c1-8(2)12-6-11(17(14,15)16)7-13(9(3)4)10(12)5;1-2/h6-9H,1-5H3,(H,14,15,16);1-2H3. The molecule has 0 unspecified atom stereocenters. The Morgan fingerprint density at radius 3 is 1.47 bits per heavy atom. The molecule has 0 spiro atoms. The van der Waals surface area contributed by atoms with Crippen LogP contribution in [0.2, 0.25) is 0 Å². The molecule has 0 radical (unpaired) electrons. The van der Waals surface area contributed by atoms with Crippen molar-refractivity contribution in [2.75, 3.05) is 0 Å². The Balaban J connectivity index is 0.00000154. The highest BCUT2D eigenvalue weighted by Gasteiger charge is 2.18. The van der Waals surface area contributed by atoms with Gasteiger partial charge < -0.3 is 0 Å². The molecule has 0 aliphatic carbocycles. The van der Waals surface area contributed by atoms with Gasteiger partial charge in [-0.1, -0.05) is 41.5 Å². The maximum absolute atomic E-state index is 11.2. The molecule has 0 aliphatic rings. The molecule has 1 aromatic rings. The van der Waals surface area contributed by atoms with Crippen LogP contribution in [0.4, 0.5) is 0 Å². The SMILES string of the molecule is CC.Cc1c(C(C)C)cc(S(=O)(=O)O)cc1C(C)C. The van der Waals surface area contributed by atoms with Crippen LogP contribution < -0.4 is 0 Å². The van der Waals surface area contributed by atoms with Crippen molar-refractivity contribution in [3.8, 4) is 0 Å². The molecule has 19 heavy (non-hydrogen) atoms. The number of benzene rings is 1. The quantitative estimate of drug-likeness (QED) is 0.831. The molecular formula is C15H26O3S. The summed E-state index contributed by atoms with van der Waals surface area (Å²) < 4.78 is 31.7. The van der Waals surface area contributed by atoms with Crippen LogP contribution in [-0.2, 0) is 10.1 Å². The highest BCUT2D eigenvalue weighted by Crippen LogP contribution is 2.30. The van der Waals surface area contributed by atoms with Gasteiger partial charge in [0.2, 0.25) is 0 Å². The molecule has 0 aliphatic heterocycles.